The SMILES string of the molecule is C/C=N\C=C(\CCN1CCC(COc2ccccc2Cl)CC1)NC=O. The van der Waals surface area contributed by atoms with E-state index < -0.39 is 0 Å². The Morgan fingerprint density at radius 3 is 2.84 bits per heavy atom. The van der Waals surface area contributed by atoms with Crippen LogP contribution in [0.5, 0.6) is 5.75 Å². The summed E-state index contributed by atoms with van der Waals surface area (Å²) < 4.78 is 5.86. The number of amides is 1. The number of ether oxygens (including phenoxy) is 1. The monoisotopic (exact) mass is 363 g/mol. The third-order valence-electron chi connectivity index (χ3n) is 4.34. The van der Waals surface area contributed by atoms with Gasteiger partial charge in [0.05, 0.1) is 11.6 Å². The highest BCUT2D eigenvalue weighted by atomic mass is 35.5. The molecule has 0 saturated carbocycles. The molecule has 1 aromatic rings. The first-order valence-corrected chi connectivity index (χ1v) is 9.07. The number of rotatable bonds is 9. The minimum absolute atomic E-state index is 0.556. The molecule has 0 bridgehead atoms. The Bertz CT molecular complexity index is 596. The van der Waals surface area contributed by atoms with E-state index in [0.717, 1.165) is 50.3 Å². The molecule has 1 saturated heterocycles. The Morgan fingerprint density at radius 1 is 1.40 bits per heavy atom. The molecule has 2 rings (SSSR count). The quantitative estimate of drug-likeness (QED) is 0.539. The van der Waals surface area contributed by atoms with Crippen molar-refractivity contribution in [2.24, 2.45) is 10.9 Å². The van der Waals surface area contributed by atoms with Crippen molar-refractivity contribution in [3.05, 3.63) is 41.2 Å². The molecule has 0 aliphatic carbocycles. The number of nitrogens with one attached hydrogen (secondary N) is 1. The molecule has 5 nitrogen and oxygen atoms in total. The Labute approximate surface area is 154 Å². The van der Waals surface area contributed by atoms with E-state index in [1.54, 1.807) is 12.4 Å². The number of benzene rings is 1. The van der Waals surface area contributed by atoms with Gasteiger partial charge in [-0.2, -0.15) is 0 Å². The first kappa shape index (κ1) is 19.5. The molecule has 0 unspecified atom stereocenters. The average Bonchev–Trinajstić information content (AvgIpc) is 2.64. The van der Waals surface area contributed by atoms with Crippen LogP contribution in [-0.4, -0.2) is 43.8 Å². The zero-order valence-corrected chi connectivity index (χ0v) is 15.4. The van der Waals surface area contributed by atoms with Crippen LogP contribution in [0.4, 0.5) is 0 Å². The van der Waals surface area contributed by atoms with E-state index in [2.05, 4.69) is 15.2 Å². The summed E-state index contributed by atoms with van der Waals surface area (Å²) in [6.45, 7) is 5.57. The molecule has 1 N–H and O–H groups in total. The lowest BCUT2D eigenvalue weighted by atomic mass is 9.97. The summed E-state index contributed by atoms with van der Waals surface area (Å²) in [7, 11) is 0. The third-order valence-corrected chi connectivity index (χ3v) is 4.65. The van der Waals surface area contributed by atoms with Crippen LogP contribution in [0.2, 0.25) is 5.02 Å². The van der Waals surface area contributed by atoms with Crippen molar-refractivity contribution < 1.29 is 9.53 Å². The average molecular weight is 364 g/mol. The third kappa shape index (κ3) is 6.88. The highest BCUT2D eigenvalue weighted by Crippen LogP contribution is 2.25. The fourth-order valence-electron chi connectivity index (χ4n) is 2.84. The summed E-state index contributed by atoms with van der Waals surface area (Å²) in [6, 6.07) is 7.59. The minimum atomic E-state index is 0.556. The van der Waals surface area contributed by atoms with Gasteiger partial charge in [-0.15, -0.1) is 0 Å². The molecule has 0 atom stereocenters. The van der Waals surface area contributed by atoms with E-state index in [4.69, 9.17) is 16.3 Å². The topological polar surface area (TPSA) is 53.9 Å². The van der Waals surface area contributed by atoms with Gasteiger partial charge in [-0.05, 0) is 50.9 Å². The molecule has 1 aliphatic heterocycles. The van der Waals surface area contributed by atoms with E-state index in [1.807, 2.05) is 31.2 Å². The lowest BCUT2D eigenvalue weighted by Gasteiger charge is -2.32. The first-order chi connectivity index (χ1) is 12.2. The number of piperidine rings is 1. The Morgan fingerprint density at radius 2 is 2.16 bits per heavy atom. The number of para-hydroxylation sites is 1. The van der Waals surface area contributed by atoms with Crippen LogP contribution in [0, 0.1) is 5.92 Å². The maximum absolute atomic E-state index is 10.6. The molecule has 1 heterocycles. The molecular weight excluding hydrogens is 338 g/mol. The summed E-state index contributed by atoms with van der Waals surface area (Å²) in [5.41, 5.74) is 0.845. The molecule has 1 fully saturated rings. The van der Waals surface area contributed by atoms with Gasteiger partial charge in [0.2, 0.25) is 6.41 Å². The number of hydrogen-bond acceptors (Lipinski definition) is 4. The summed E-state index contributed by atoms with van der Waals surface area (Å²) in [5, 5.41) is 3.38. The standard InChI is InChI=1S/C19H26ClN3O2/c1-2-21-13-17(22-15-24)9-12-23-10-7-16(8-11-23)14-25-19-6-4-3-5-18(19)20/h2-6,13,15-16H,7-12,14H2,1H3,(H,22,24)/b17-13-,21-2-. The molecule has 136 valence electrons. The maximum atomic E-state index is 10.6. The molecule has 1 aromatic carbocycles. The fourth-order valence-corrected chi connectivity index (χ4v) is 3.03. The van der Waals surface area contributed by atoms with E-state index in [0.29, 0.717) is 24.0 Å². The van der Waals surface area contributed by atoms with E-state index >= 15 is 0 Å². The van der Waals surface area contributed by atoms with Crippen LogP contribution in [0.1, 0.15) is 26.2 Å². The lowest BCUT2D eigenvalue weighted by molar-refractivity contribution is -0.109. The van der Waals surface area contributed by atoms with Crippen molar-refractivity contribution in [2.45, 2.75) is 26.2 Å². The highest BCUT2D eigenvalue weighted by molar-refractivity contribution is 6.32. The van der Waals surface area contributed by atoms with Gasteiger partial charge in [0.25, 0.3) is 0 Å². The predicted molar refractivity (Wildman–Crippen MR) is 102 cm³/mol. The number of halogens is 1. The van der Waals surface area contributed by atoms with E-state index in [-0.39, 0.29) is 0 Å². The second-order valence-corrected chi connectivity index (χ2v) is 6.51. The fraction of sp³-hybridized carbons (Fsp3) is 0.474. The van der Waals surface area contributed by atoms with Crippen LogP contribution in [0.3, 0.4) is 0 Å². The summed E-state index contributed by atoms with van der Waals surface area (Å²) in [5.74, 6) is 1.32. The molecule has 6 heteroatoms. The normalized spacial score (nSPS) is 17.0. The van der Waals surface area contributed by atoms with Gasteiger partial charge in [0.1, 0.15) is 5.75 Å². The van der Waals surface area contributed by atoms with E-state index in [1.165, 1.54) is 0 Å². The Kier molecular flexibility index (Phi) is 8.49. The van der Waals surface area contributed by atoms with Gasteiger partial charge < -0.3 is 15.0 Å². The van der Waals surface area contributed by atoms with Crippen LogP contribution in [-0.2, 0) is 4.79 Å². The van der Waals surface area contributed by atoms with Gasteiger partial charge in [-0.1, -0.05) is 23.7 Å². The molecule has 0 spiro atoms. The maximum Gasteiger partial charge on any atom is 0.211 e. The van der Waals surface area contributed by atoms with Crippen molar-refractivity contribution in [3.63, 3.8) is 0 Å². The van der Waals surface area contributed by atoms with Crippen LogP contribution in [0.25, 0.3) is 0 Å². The van der Waals surface area contributed by atoms with Gasteiger partial charge in [-0.3, -0.25) is 9.79 Å². The first-order valence-electron chi connectivity index (χ1n) is 8.69. The number of likely N-dealkylation sites (tertiary alicyclic amines) is 1. The number of aliphatic imine (C=N–C) groups is 1. The molecule has 1 aliphatic rings. The smallest absolute Gasteiger partial charge is 0.211 e. The van der Waals surface area contributed by atoms with Crippen molar-refractivity contribution in [1.29, 1.82) is 0 Å². The summed E-state index contributed by atoms with van der Waals surface area (Å²) in [6.07, 6.45) is 7.12. The Balaban J connectivity index is 1.70. The van der Waals surface area contributed by atoms with Crippen molar-refractivity contribution in [2.75, 3.05) is 26.2 Å². The highest BCUT2D eigenvalue weighted by Gasteiger charge is 2.20. The van der Waals surface area contributed by atoms with Crippen molar-refractivity contribution in [1.82, 2.24) is 10.2 Å². The van der Waals surface area contributed by atoms with Gasteiger partial charge in [0.15, 0.2) is 0 Å². The zero-order chi connectivity index (χ0) is 17.9. The molecule has 25 heavy (non-hydrogen) atoms. The van der Waals surface area contributed by atoms with Crippen LogP contribution in [0.15, 0.2) is 41.2 Å². The number of nitrogens with zero attached hydrogens (tertiary/aromatic N) is 2. The zero-order valence-electron chi connectivity index (χ0n) is 14.7. The van der Waals surface area contributed by atoms with Gasteiger partial charge in [-0.25, -0.2) is 0 Å². The summed E-state index contributed by atoms with van der Waals surface area (Å²) >= 11 is 6.12. The second kappa shape index (κ2) is 10.9. The number of hydrogen-bond donors (Lipinski definition) is 1. The van der Waals surface area contributed by atoms with Crippen LogP contribution < -0.4 is 10.1 Å². The number of carbonyl (C=O) groups excluding carboxylic acids is 1. The predicted octanol–water partition coefficient (Wildman–Crippen LogP) is 3.50. The minimum Gasteiger partial charge on any atom is -0.492 e. The molecule has 1 amide bonds. The summed E-state index contributed by atoms with van der Waals surface area (Å²) in [4.78, 5) is 17.1. The van der Waals surface area contributed by atoms with Crippen LogP contribution >= 0.6 is 11.6 Å². The molecule has 0 radical (unpaired) electrons. The molecular formula is C19H26ClN3O2. The van der Waals surface area contributed by atoms with E-state index in [9.17, 15) is 4.79 Å². The van der Waals surface area contributed by atoms with Gasteiger partial charge >= 0.3 is 0 Å². The largest absolute Gasteiger partial charge is 0.492 e. The Hall–Kier alpha value is -1.85. The van der Waals surface area contributed by atoms with Gasteiger partial charge in [0, 0.05) is 31.1 Å². The second-order valence-electron chi connectivity index (χ2n) is 6.10. The molecule has 0 aromatic heterocycles. The van der Waals surface area contributed by atoms with Crippen molar-refractivity contribution in [3.8, 4) is 5.75 Å². The lowest BCUT2D eigenvalue weighted by Crippen LogP contribution is -2.36. The van der Waals surface area contributed by atoms with Crippen molar-refractivity contribution >= 4 is 24.2 Å². The number of carbonyl (C=O) groups is 1.